The van der Waals surface area contributed by atoms with Gasteiger partial charge in [-0.25, -0.2) is 4.79 Å². The van der Waals surface area contributed by atoms with Gasteiger partial charge in [-0.05, 0) is 0 Å². The molecule has 4 heavy (non-hydrogen) atoms. The first-order chi connectivity index (χ1) is 1.73. The van der Waals surface area contributed by atoms with E-state index in [2.05, 4.69) is 11.5 Å². The molecular formula is CH4N2O. The zero-order chi connectivity index (χ0) is 3.58. The van der Waals surface area contributed by atoms with Gasteiger partial charge >= 0.3 is 6.03 Å². The minimum atomic E-state index is -0.833. The van der Waals surface area contributed by atoms with Crippen LogP contribution in [0.25, 0.3) is 0 Å². The van der Waals surface area contributed by atoms with Crippen molar-refractivity contribution in [2.24, 2.45) is 11.5 Å². The number of primary amides is 2. The summed E-state index contributed by atoms with van der Waals surface area (Å²) in [5, 5.41) is 0. The van der Waals surface area contributed by atoms with Crippen molar-refractivity contribution in [2.75, 3.05) is 0 Å². The zero-order valence-corrected chi connectivity index (χ0v) is 2.06. The molecule has 0 aliphatic heterocycles. The van der Waals surface area contributed by atoms with Gasteiger partial charge in [0, 0.05) is 0 Å². The van der Waals surface area contributed by atoms with Crippen LogP contribution in [0.1, 0.15) is 0 Å². The average Bonchev–Trinajstić information content (AvgIpc) is 0.811. The standard InChI is InChI=1S/CH4N2O/c2-1(3)4/h(H4,2,3,4)/i2+1,3+1,4+1. The number of rotatable bonds is 0. The van der Waals surface area contributed by atoms with Crippen LogP contribution in [0.3, 0.4) is 0 Å². The van der Waals surface area contributed by atoms with Gasteiger partial charge in [0.05, 0.1) is 0 Å². The van der Waals surface area contributed by atoms with Gasteiger partial charge in [0.2, 0.25) is 0 Å². The van der Waals surface area contributed by atoms with Crippen LogP contribution in [0.5, 0.6) is 0 Å². The Morgan fingerprint density at radius 2 is 1.50 bits per heavy atom. The van der Waals surface area contributed by atoms with Gasteiger partial charge < -0.3 is 11.5 Å². The minimum absolute atomic E-state index is 0.833. The van der Waals surface area contributed by atoms with Crippen LogP contribution in [-0.2, 0) is 0 Å². The van der Waals surface area contributed by atoms with Crippen molar-refractivity contribution in [2.45, 2.75) is 0 Å². The topological polar surface area (TPSA) is 69.1 Å². The highest BCUT2D eigenvalue weighted by Gasteiger charge is 1.60. The third-order valence-corrected chi connectivity index (χ3v) is 0. The summed E-state index contributed by atoms with van der Waals surface area (Å²) in [5.74, 6) is 0. The average molecular weight is 63.0 g/mol. The fourth-order valence-corrected chi connectivity index (χ4v) is 0. The second-order valence-electron chi connectivity index (χ2n) is 0.402. The Kier molecular flexibility index (Phi) is 0.581. The summed E-state index contributed by atoms with van der Waals surface area (Å²) >= 11 is 0. The van der Waals surface area contributed by atoms with Gasteiger partial charge in [-0.3, -0.25) is 0 Å². The highest BCUT2D eigenvalue weighted by molar-refractivity contribution is 5.69. The molecule has 3 nitrogen and oxygen atoms in total. The molecule has 0 aromatic rings. The van der Waals surface area contributed by atoms with Crippen LogP contribution in [0, 0.1) is 0 Å². The van der Waals surface area contributed by atoms with E-state index in [1.807, 2.05) is 0 Å². The fourth-order valence-electron chi connectivity index (χ4n) is 0. The summed E-state index contributed by atoms with van der Waals surface area (Å²) in [6.45, 7) is 0. The Balaban J connectivity index is 2.80. The van der Waals surface area contributed by atoms with Gasteiger partial charge in [-0.2, -0.15) is 0 Å². The Morgan fingerprint density at radius 3 is 1.50 bits per heavy atom. The second-order valence-corrected chi connectivity index (χ2v) is 0.402. The van der Waals surface area contributed by atoms with Crippen molar-refractivity contribution >= 4 is 6.03 Å². The first kappa shape index (κ1) is 3.27. The number of carbonyl (C=O) groups is 1. The molecule has 0 radical (unpaired) electrons. The summed E-state index contributed by atoms with van der Waals surface area (Å²) in [4.78, 5) is 9.00. The molecule has 0 heterocycles. The van der Waals surface area contributed by atoms with Crippen LogP contribution in [-0.4, -0.2) is 6.03 Å². The number of urea groups is 1. The lowest BCUT2D eigenvalue weighted by atomic mass is 11.4. The number of amides is 2. The van der Waals surface area contributed by atoms with E-state index in [9.17, 15) is 0 Å². The highest BCUT2D eigenvalue weighted by atomic mass is 17.1. The summed E-state index contributed by atoms with van der Waals surface area (Å²) < 4.78 is 0. The van der Waals surface area contributed by atoms with Crippen LogP contribution in [0.4, 0.5) is 4.79 Å². The summed E-state index contributed by atoms with van der Waals surface area (Å²) in [5.41, 5.74) is 8.50. The van der Waals surface area contributed by atoms with Crippen LogP contribution >= 0.6 is 0 Å². The zero-order valence-electron chi connectivity index (χ0n) is 2.06. The normalized spacial score (nSPS) is 6.00. The molecular weight excluding hydrogens is 59.0 g/mol. The predicted octanol–water partition coefficient (Wildman–Crippen LogP) is -0.976. The summed E-state index contributed by atoms with van der Waals surface area (Å²) in [6.07, 6.45) is 0. The molecule has 3 heteroatoms. The van der Waals surface area contributed by atoms with E-state index in [1.54, 1.807) is 0 Å². The summed E-state index contributed by atoms with van der Waals surface area (Å²) in [6, 6.07) is -0.833. The van der Waals surface area contributed by atoms with E-state index < -0.39 is 6.03 Å². The quantitative estimate of drug-likeness (QED) is 0.349. The lowest BCUT2D eigenvalue weighted by Crippen LogP contribution is -2.18. The van der Waals surface area contributed by atoms with E-state index in [0.717, 1.165) is 0 Å². The molecule has 4 N–H and O–H groups in total. The monoisotopic (exact) mass is 63.0 g/mol. The maximum Gasteiger partial charge on any atom is 0.309 e. The largest absolute Gasteiger partial charge is 0.352 e. The number of hydrogen-bond acceptors (Lipinski definition) is 1. The maximum absolute atomic E-state index is 9.00. The summed E-state index contributed by atoms with van der Waals surface area (Å²) in [7, 11) is 0. The number of hydrogen-bond donors (Lipinski definition) is 2. The van der Waals surface area contributed by atoms with Gasteiger partial charge in [0.1, 0.15) is 0 Å². The van der Waals surface area contributed by atoms with Crippen molar-refractivity contribution in [1.82, 2.24) is 0 Å². The Labute approximate surface area is 23.6 Å². The molecule has 0 unspecified atom stereocenters. The lowest BCUT2D eigenvalue weighted by molar-refractivity contribution is 0.256. The Morgan fingerprint density at radius 1 is 1.50 bits per heavy atom. The fraction of sp³-hybridized carbons (Fsp3) is 0. The van der Waals surface area contributed by atoms with Crippen LogP contribution in [0.15, 0.2) is 0 Å². The molecule has 0 spiro atoms. The molecule has 0 saturated heterocycles. The molecule has 0 aromatic heterocycles. The van der Waals surface area contributed by atoms with Gasteiger partial charge in [0.25, 0.3) is 0 Å². The highest BCUT2D eigenvalue weighted by Crippen LogP contribution is 1.25. The molecule has 24 valence electrons. The van der Waals surface area contributed by atoms with Gasteiger partial charge in [0.15, 0.2) is 0 Å². The molecule has 0 aliphatic carbocycles. The van der Waals surface area contributed by atoms with E-state index in [0.29, 0.717) is 0 Å². The molecule has 0 bridgehead atoms. The first-order valence-electron chi connectivity index (χ1n) is 0.781. The Bertz CT molecular complexity index is 29.0. The van der Waals surface area contributed by atoms with Crippen molar-refractivity contribution in [3.8, 4) is 0 Å². The van der Waals surface area contributed by atoms with E-state index >= 15 is 0 Å². The van der Waals surface area contributed by atoms with Gasteiger partial charge in [-0.15, -0.1) is 0 Å². The van der Waals surface area contributed by atoms with Crippen molar-refractivity contribution in [3.05, 3.63) is 0 Å². The van der Waals surface area contributed by atoms with E-state index in [-0.39, 0.29) is 0 Å². The minimum Gasteiger partial charge on any atom is -0.352 e. The first-order valence-corrected chi connectivity index (χ1v) is 0.781. The molecule has 0 aromatic carbocycles. The number of carbonyl (C=O) groups excluding carboxylic acids is 1. The third-order valence-electron chi connectivity index (χ3n) is 0. The molecule has 0 aliphatic rings. The van der Waals surface area contributed by atoms with Crippen molar-refractivity contribution < 1.29 is 4.79 Å². The van der Waals surface area contributed by atoms with Crippen molar-refractivity contribution in [1.29, 1.82) is 0 Å². The Hall–Kier alpha value is -0.730. The third kappa shape index (κ3) is 0.174. The van der Waals surface area contributed by atoms with Crippen molar-refractivity contribution in [3.63, 3.8) is 0 Å². The predicted molar refractivity (Wildman–Crippen MR) is 13.8 cm³/mol. The molecule has 2 amide bonds. The van der Waals surface area contributed by atoms with Gasteiger partial charge in [-0.1, -0.05) is 0 Å². The SMILES string of the molecule is [15NH2]C([15NH2])=[17O]. The second kappa shape index (κ2) is 0.711. The van der Waals surface area contributed by atoms with E-state index in [1.165, 1.54) is 0 Å². The van der Waals surface area contributed by atoms with E-state index in [4.69, 9.17) is 4.79 Å². The molecule has 0 fully saturated rings. The number of nitrogens with two attached hydrogens (primary N) is 2. The maximum atomic E-state index is 9.00. The molecule has 0 rings (SSSR count). The molecule has 0 atom stereocenters. The molecule has 0 saturated carbocycles. The lowest BCUT2D eigenvalue weighted by Gasteiger charge is -1.62. The van der Waals surface area contributed by atoms with Crippen LogP contribution < -0.4 is 11.5 Å². The smallest absolute Gasteiger partial charge is 0.309 e. The van der Waals surface area contributed by atoms with Crippen LogP contribution in [0.2, 0.25) is 0 Å².